The molecule has 6 heteroatoms. The van der Waals surface area contributed by atoms with Crippen LogP contribution in [0.25, 0.3) is 22.6 Å². The van der Waals surface area contributed by atoms with Crippen LogP contribution in [0.2, 0.25) is 0 Å². The van der Waals surface area contributed by atoms with Crippen molar-refractivity contribution in [2.45, 2.75) is 12.5 Å². The number of nitrogens with one attached hydrogen (secondary N) is 1. The number of hydrogen-bond acceptors (Lipinski definition) is 6. The summed E-state index contributed by atoms with van der Waals surface area (Å²) in [6.45, 7) is 0.626. The normalized spacial score (nSPS) is 15.1. The van der Waals surface area contributed by atoms with Gasteiger partial charge >= 0.3 is 0 Å². The maximum Gasteiger partial charge on any atom is 0.223 e. The lowest BCUT2D eigenvalue weighted by atomic mass is 10.1. The van der Waals surface area contributed by atoms with E-state index in [0.717, 1.165) is 29.0 Å². The van der Waals surface area contributed by atoms with E-state index in [4.69, 9.17) is 14.1 Å². The van der Waals surface area contributed by atoms with Crippen molar-refractivity contribution in [1.82, 2.24) is 15.0 Å². The molecule has 3 aromatic heterocycles. The maximum atomic E-state index is 5.98. The molecule has 0 saturated heterocycles. The van der Waals surface area contributed by atoms with E-state index in [-0.39, 0.29) is 6.10 Å². The Labute approximate surface area is 162 Å². The number of pyridine rings is 1. The van der Waals surface area contributed by atoms with Gasteiger partial charge in [0.2, 0.25) is 5.95 Å². The molecule has 138 valence electrons. The zero-order valence-electron chi connectivity index (χ0n) is 15.1. The Morgan fingerprint density at radius 2 is 1.93 bits per heavy atom. The summed E-state index contributed by atoms with van der Waals surface area (Å²) in [6.07, 6.45) is 7.90. The highest BCUT2D eigenvalue weighted by molar-refractivity contribution is 5.78. The molecule has 0 bridgehead atoms. The van der Waals surface area contributed by atoms with Crippen LogP contribution in [0.4, 0.5) is 5.95 Å². The minimum atomic E-state index is 0.0629. The summed E-state index contributed by atoms with van der Waals surface area (Å²) in [7, 11) is 0. The molecule has 0 amide bonds. The summed E-state index contributed by atoms with van der Waals surface area (Å²) in [5, 5.41) is 3.30. The van der Waals surface area contributed by atoms with E-state index >= 15 is 0 Å². The van der Waals surface area contributed by atoms with Gasteiger partial charge in [-0.1, -0.05) is 18.2 Å². The van der Waals surface area contributed by atoms with Gasteiger partial charge in [-0.2, -0.15) is 0 Å². The van der Waals surface area contributed by atoms with Crippen molar-refractivity contribution in [2.24, 2.45) is 0 Å². The molecule has 1 aliphatic rings. The molecular formula is C22H18N4O2. The van der Waals surface area contributed by atoms with Gasteiger partial charge in [0.1, 0.15) is 17.5 Å². The smallest absolute Gasteiger partial charge is 0.223 e. The van der Waals surface area contributed by atoms with E-state index in [1.54, 1.807) is 18.7 Å². The third kappa shape index (κ3) is 3.20. The van der Waals surface area contributed by atoms with Crippen LogP contribution in [-0.4, -0.2) is 27.6 Å². The predicted molar refractivity (Wildman–Crippen MR) is 106 cm³/mol. The minimum absolute atomic E-state index is 0.0629. The number of rotatable bonds is 5. The number of fused-ring (bicyclic) bond motifs is 1. The highest BCUT2D eigenvalue weighted by atomic mass is 16.5. The van der Waals surface area contributed by atoms with Gasteiger partial charge in [-0.15, -0.1) is 0 Å². The predicted octanol–water partition coefficient (Wildman–Crippen LogP) is 4.21. The Kier molecular flexibility index (Phi) is 4.21. The number of anilines is 1. The molecule has 28 heavy (non-hydrogen) atoms. The summed E-state index contributed by atoms with van der Waals surface area (Å²) >= 11 is 0. The average molecular weight is 370 g/mol. The first-order chi connectivity index (χ1) is 13.9. The molecule has 4 aromatic rings. The van der Waals surface area contributed by atoms with Crippen LogP contribution in [0.5, 0.6) is 5.75 Å². The lowest BCUT2D eigenvalue weighted by molar-refractivity contribution is 0.246. The number of furan rings is 1. The summed E-state index contributed by atoms with van der Waals surface area (Å²) < 4.78 is 11.6. The third-order valence-corrected chi connectivity index (χ3v) is 4.74. The first-order valence-electron chi connectivity index (χ1n) is 9.16. The van der Waals surface area contributed by atoms with Crippen molar-refractivity contribution in [3.05, 3.63) is 78.9 Å². The largest absolute Gasteiger partial charge is 0.488 e. The number of aromatic nitrogens is 3. The molecule has 1 atom stereocenters. The molecule has 0 saturated carbocycles. The van der Waals surface area contributed by atoms with Crippen LogP contribution in [0.15, 0.2) is 77.8 Å². The summed E-state index contributed by atoms with van der Waals surface area (Å²) in [6, 6.07) is 15.7. The topological polar surface area (TPSA) is 73.1 Å². The molecule has 5 rings (SSSR count). The van der Waals surface area contributed by atoms with Crippen LogP contribution in [0, 0.1) is 0 Å². The lowest BCUT2D eigenvalue weighted by Gasteiger charge is -2.13. The number of benzene rings is 1. The fourth-order valence-electron chi connectivity index (χ4n) is 3.38. The van der Waals surface area contributed by atoms with Crippen LogP contribution < -0.4 is 10.1 Å². The van der Waals surface area contributed by atoms with E-state index < -0.39 is 0 Å². The Bertz CT molecular complexity index is 1060. The monoisotopic (exact) mass is 370 g/mol. The quantitative estimate of drug-likeness (QED) is 0.567. The minimum Gasteiger partial charge on any atom is -0.488 e. The Balaban J connectivity index is 1.38. The number of hydrogen-bond donors (Lipinski definition) is 1. The molecular weight excluding hydrogens is 352 g/mol. The van der Waals surface area contributed by atoms with E-state index in [9.17, 15) is 0 Å². The second-order valence-corrected chi connectivity index (χ2v) is 6.60. The van der Waals surface area contributed by atoms with Gasteiger partial charge in [0, 0.05) is 30.6 Å². The van der Waals surface area contributed by atoms with Crippen molar-refractivity contribution in [1.29, 1.82) is 0 Å². The molecule has 0 unspecified atom stereocenters. The standard InChI is InChI=1S/C22H18N4O2/c1-2-5-19-16(4-1)12-17(28-19)13-24-22-25-14-18(15-7-9-23-10-8-15)21(26-22)20-6-3-11-27-20/h1-11,14,17H,12-13H2,(H,24,25,26)/t17-/m0/s1. The third-order valence-electron chi connectivity index (χ3n) is 4.74. The van der Waals surface area contributed by atoms with Gasteiger partial charge in [0.15, 0.2) is 5.76 Å². The maximum absolute atomic E-state index is 5.98. The van der Waals surface area contributed by atoms with Crippen LogP contribution >= 0.6 is 0 Å². The van der Waals surface area contributed by atoms with Crippen molar-refractivity contribution < 1.29 is 9.15 Å². The van der Waals surface area contributed by atoms with Gasteiger partial charge in [-0.05, 0) is 41.5 Å². The second kappa shape index (κ2) is 7.15. The fourth-order valence-corrected chi connectivity index (χ4v) is 3.38. The SMILES string of the molecule is c1coc(-c2nc(NC[C@@H]3Cc4ccccc4O3)ncc2-c2ccncc2)c1. The van der Waals surface area contributed by atoms with Gasteiger partial charge < -0.3 is 14.5 Å². The van der Waals surface area contributed by atoms with E-state index in [2.05, 4.69) is 21.4 Å². The van der Waals surface area contributed by atoms with Gasteiger partial charge in [-0.25, -0.2) is 9.97 Å². The Morgan fingerprint density at radius 3 is 2.75 bits per heavy atom. The number of nitrogens with zero attached hydrogens (tertiary/aromatic N) is 3. The first kappa shape index (κ1) is 16.5. The highest BCUT2D eigenvalue weighted by Gasteiger charge is 2.22. The lowest BCUT2D eigenvalue weighted by Crippen LogP contribution is -2.24. The van der Waals surface area contributed by atoms with E-state index in [1.165, 1.54) is 5.56 Å². The molecule has 1 aliphatic heterocycles. The van der Waals surface area contributed by atoms with Crippen LogP contribution in [-0.2, 0) is 6.42 Å². The summed E-state index contributed by atoms with van der Waals surface area (Å²) in [5.74, 6) is 2.20. The Hall–Kier alpha value is -3.67. The number of para-hydroxylation sites is 1. The molecule has 6 nitrogen and oxygen atoms in total. The second-order valence-electron chi connectivity index (χ2n) is 6.60. The summed E-state index contributed by atoms with van der Waals surface area (Å²) in [5.41, 5.74) is 3.86. The number of ether oxygens (including phenoxy) is 1. The average Bonchev–Trinajstić information content (AvgIpc) is 3.42. The van der Waals surface area contributed by atoms with Gasteiger partial charge in [0.05, 0.1) is 12.8 Å². The molecule has 1 N–H and O–H groups in total. The van der Waals surface area contributed by atoms with E-state index in [0.29, 0.717) is 18.3 Å². The molecule has 1 aromatic carbocycles. The van der Waals surface area contributed by atoms with Crippen LogP contribution in [0.3, 0.4) is 0 Å². The van der Waals surface area contributed by atoms with Crippen molar-refractivity contribution in [3.8, 4) is 28.3 Å². The zero-order valence-corrected chi connectivity index (χ0v) is 15.1. The van der Waals surface area contributed by atoms with Crippen molar-refractivity contribution in [3.63, 3.8) is 0 Å². The highest BCUT2D eigenvalue weighted by Crippen LogP contribution is 2.31. The van der Waals surface area contributed by atoms with Gasteiger partial charge in [-0.3, -0.25) is 4.98 Å². The van der Waals surface area contributed by atoms with Crippen LogP contribution in [0.1, 0.15) is 5.56 Å². The molecule has 0 fully saturated rings. The fraction of sp³-hybridized carbons (Fsp3) is 0.136. The Morgan fingerprint density at radius 1 is 1.04 bits per heavy atom. The molecule has 0 aliphatic carbocycles. The van der Waals surface area contributed by atoms with Crippen molar-refractivity contribution in [2.75, 3.05) is 11.9 Å². The molecule has 0 radical (unpaired) electrons. The van der Waals surface area contributed by atoms with E-state index in [1.807, 2.05) is 48.7 Å². The summed E-state index contributed by atoms with van der Waals surface area (Å²) in [4.78, 5) is 13.3. The molecule has 4 heterocycles. The first-order valence-corrected chi connectivity index (χ1v) is 9.16. The van der Waals surface area contributed by atoms with Gasteiger partial charge in [0.25, 0.3) is 0 Å². The van der Waals surface area contributed by atoms with Crippen molar-refractivity contribution >= 4 is 5.95 Å². The molecule has 0 spiro atoms. The zero-order chi connectivity index (χ0) is 18.8.